The normalized spacial score (nSPS) is 12.2. The lowest BCUT2D eigenvalue weighted by molar-refractivity contribution is -0.111. The maximum atomic E-state index is 10.3. The van der Waals surface area contributed by atoms with Gasteiger partial charge in [-0.25, -0.2) is 0 Å². The van der Waals surface area contributed by atoms with Gasteiger partial charge in [0, 0.05) is 6.20 Å². The van der Waals surface area contributed by atoms with Gasteiger partial charge < -0.3 is 5.73 Å². The molecular weight excluding hydrogens is 164 g/mol. The zero-order valence-corrected chi connectivity index (χ0v) is 7.10. The Morgan fingerprint density at radius 2 is 2.15 bits per heavy atom. The zero-order chi connectivity index (χ0) is 9.68. The zero-order valence-electron chi connectivity index (χ0n) is 7.10. The van der Waals surface area contributed by atoms with Crippen LogP contribution < -0.4 is 16.2 Å². The molecule has 0 heterocycles. The topological polar surface area (TPSA) is 55.4 Å². The Kier molecular flexibility index (Phi) is 2.97. The standard InChI is InChI=1S/C10H10N2O/c1-8-4-2-3-5-9(8)6-12-7-10(11)13/h2-7H,1H2,(H2,11,13)/b9-6-,12-7?. The van der Waals surface area contributed by atoms with Gasteiger partial charge in [0.05, 0.1) is 6.21 Å². The lowest BCUT2D eigenvalue weighted by atomic mass is 10.3. The molecule has 1 amide bonds. The molecule has 0 aliphatic rings. The fourth-order valence-electron chi connectivity index (χ4n) is 0.851. The molecule has 13 heavy (non-hydrogen) atoms. The quantitative estimate of drug-likeness (QED) is 0.597. The minimum Gasteiger partial charge on any atom is -0.365 e. The molecule has 66 valence electrons. The number of benzene rings is 1. The van der Waals surface area contributed by atoms with Gasteiger partial charge in [-0.15, -0.1) is 0 Å². The Morgan fingerprint density at radius 1 is 1.46 bits per heavy atom. The summed E-state index contributed by atoms with van der Waals surface area (Å²) in [6.45, 7) is 3.80. The summed E-state index contributed by atoms with van der Waals surface area (Å²) in [5, 5.41) is 1.74. The first-order valence-corrected chi connectivity index (χ1v) is 3.77. The Bertz CT molecular complexity index is 434. The maximum absolute atomic E-state index is 10.3. The summed E-state index contributed by atoms with van der Waals surface area (Å²) in [5.41, 5.74) is 4.87. The summed E-state index contributed by atoms with van der Waals surface area (Å²) >= 11 is 0. The average molecular weight is 174 g/mol. The van der Waals surface area contributed by atoms with Crippen molar-refractivity contribution in [3.8, 4) is 0 Å². The monoisotopic (exact) mass is 174 g/mol. The second kappa shape index (κ2) is 4.21. The molecule has 1 aromatic rings. The SMILES string of the molecule is C=c1cccc/c1=C/N=CC(N)=O. The van der Waals surface area contributed by atoms with Crippen LogP contribution in [0.15, 0.2) is 29.3 Å². The van der Waals surface area contributed by atoms with Crippen LogP contribution in [0.25, 0.3) is 12.8 Å². The average Bonchev–Trinajstić information content (AvgIpc) is 2.08. The van der Waals surface area contributed by atoms with Gasteiger partial charge in [0.15, 0.2) is 0 Å². The van der Waals surface area contributed by atoms with Crippen molar-refractivity contribution in [3.05, 3.63) is 34.7 Å². The van der Waals surface area contributed by atoms with Gasteiger partial charge in [0.25, 0.3) is 5.91 Å². The number of hydrogen-bond acceptors (Lipinski definition) is 2. The Labute approximate surface area is 75.9 Å². The maximum Gasteiger partial charge on any atom is 0.259 e. The highest BCUT2D eigenvalue weighted by Gasteiger charge is 1.81. The van der Waals surface area contributed by atoms with E-state index in [4.69, 9.17) is 5.73 Å². The minimum absolute atomic E-state index is 0.558. The molecular formula is C10H10N2O. The van der Waals surface area contributed by atoms with Crippen molar-refractivity contribution < 1.29 is 4.79 Å². The van der Waals surface area contributed by atoms with E-state index in [-0.39, 0.29) is 0 Å². The van der Waals surface area contributed by atoms with Crippen molar-refractivity contribution in [3.63, 3.8) is 0 Å². The van der Waals surface area contributed by atoms with E-state index in [1.165, 1.54) is 0 Å². The number of hydrogen-bond donors (Lipinski definition) is 1. The van der Waals surface area contributed by atoms with E-state index in [2.05, 4.69) is 11.6 Å². The van der Waals surface area contributed by atoms with Crippen molar-refractivity contribution in [2.24, 2.45) is 10.7 Å². The molecule has 3 heteroatoms. The number of rotatable bonds is 2. The number of carbonyl (C=O) groups is 1. The van der Waals surface area contributed by atoms with Gasteiger partial charge in [-0.2, -0.15) is 0 Å². The predicted octanol–water partition coefficient (Wildman–Crippen LogP) is -0.609. The number of nitrogens with two attached hydrogens (primary N) is 1. The van der Waals surface area contributed by atoms with Crippen LogP contribution in [0.1, 0.15) is 0 Å². The molecule has 1 rings (SSSR count). The Balaban J connectivity index is 3.02. The molecule has 0 radical (unpaired) electrons. The van der Waals surface area contributed by atoms with E-state index in [9.17, 15) is 4.79 Å². The van der Waals surface area contributed by atoms with Gasteiger partial charge in [-0.3, -0.25) is 9.79 Å². The molecule has 0 aliphatic carbocycles. The molecule has 0 fully saturated rings. The van der Waals surface area contributed by atoms with E-state index in [0.717, 1.165) is 16.7 Å². The fourth-order valence-corrected chi connectivity index (χ4v) is 0.851. The van der Waals surface area contributed by atoms with Gasteiger partial charge in [-0.05, 0) is 10.4 Å². The van der Waals surface area contributed by atoms with Crippen molar-refractivity contribution >= 4 is 24.9 Å². The van der Waals surface area contributed by atoms with Crippen molar-refractivity contribution in [1.29, 1.82) is 0 Å². The summed E-state index contributed by atoms with van der Waals surface area (Å²) in [5.74, 6) is -0.558. The van der Waals surface area contributed by atoms with Crippen LogP contribution in [0.3, 0.4) is 0 Å². The summed E-state index contributed by atoms with van der Waals surface area (Å²) in [6, 6.07) is 7.49. The van der Waals surface area contributed by atoms with E-state index in [0.29, 0.717) is 0 Å². The molecule has 0 spiro atoms. The van der Waals surface area contributed by atoms with Crippen molar-refractivity contribution in [2.45, 2.75) is 0 Å². The third kappa shape index (κ3) is 2.91. The first-order valence-electron chi connectivity index (χ1n) is 3.77. The van der Waals surface area contributed by atoms with Gasteiger partial charge in [0.2, 0.25) is 0 Å². The fraction of sp³-hybridized carbons (Fsp3) is 0. The summed E-state index contributed by atoms with van der Waals surface area (Å²) < 4.78 is 0. The molecule has 0 bridgehead atoms. The molecule has 3 nitrogen and oxygen atoms in total. The molecule has 0 aliphatic heterocycles. The first kappa shape index (κ1) is 9.19. The third-order valence-electron chi connectivity index (χ3n) is 1.47. The second-order valence-electron chi connectivity index (χ2n) is 2.51. The lowest BCUT2D eigenvalue weighted by Gasteiger charge is -1.84. The minimum atomic E-state index is -0.558. The summed E-state index contributed by atoms with van der Waals surface area (Å²) in [7, 11) is 0. The first-order chi connectivity index (χ1) is 6.20. The van der Waals surface area contributed by atoms with Crippen LogP contribution in [0.4, 0.5) is 0 Å². The largest absolute Gasteiger partial charge is 0.365 e. The Morgan fingerprint density at radius 3 is 2.77 bits per heavy atom. The Hall–Kier alpha value is -1.90. The van der Waals surface area contributed by atoms with Crippen LogP contribution in [0, 0.1) is 0 Å². The molecule has 0 unspecified atom stereocenters. The molecule has 0 aromatic heterocycles. The van der Waals surface area contributed by atoms with Gasteiger partial charge in [0.1, 0.15) is 0 Å². The number of amides is 1. The summed E-state index contributed by atoms with van der Waals surface area (Å²) in [4.78, 5) is 14.0. The molecule has 0 saturated heterocycles. The molecule has 2 N–H and O–H groups in total. The van der Waals surface area contributed by atoms with Crippen molar-refractivity contribution in [1.82, 2.24) is 0 Å². The van der Waals surface area contributed by atoms with E-state index in [1.807, 2.05) is 24.3 Å². The highest BCUT2D eigenvalue weighted by molar-refractivity contribution is 6.25. The third-order valence-corrected chi connectivity index (χ3v) is 1.47. The van der Waals surface area contributed by atoms with Crippen LogP contribution in [-0.4, -0.2) is 12.1 Å². The van der Waals surface area contributed by atoms with Crippen molar-refractivity contribution in [2.75, 3.05) is 0 Å². The number of carbonyl (C=O) groups excluding carboxylic acids is 1. The highest BCUT2D eigenvalue weighted by Crippen LogP contribution is 1.71. The smallest absolute Gasteiger partial charge is 0.259 e. The van der Waals surface area contributed by atoms with E-state index >= 15 is 0 Å². The van der Waals surface area contributed by atoms with Crippen LogP contribution >= 0.6 is 0 Å². The number of nitrogens with zero attached hydrogens (tertiary/aromatic N) is 1. The molecule has 0 saturated carbocycles. The molecule has 1 aromatic carbocycles. The van der Waals surface area contributed by atoms with E-state index < -0.39 is 5.91 Å². The molecule has 0 atom stereocenters. The van der Waals surface area contributed by atoms with Crippen LogP contribution in [-0.2, 0) is 4.79 Å². The number of aliphatic imine (C=N–C) groups is 1. The van der Waals surface area contributed by atoms with E-state index in [1.54, 1.807) is 6.20 Å². The van der Waals surface area contributed by atoms with Gasteiger partial charge >= 0.3 is 0 Å². The second-order valence-corrected chi connectivity index (χ2v) is 2.51. The predicted molar refractivity (Wildman–Crippen MR) is 53.4 cm³/mol. The summed E-state index contributed by atoms with van der Waals surface area (Å²) in [6.07, 6.45) is 2.61. The van der Waals surface area contributed by atoms with Gasteiger partial charge in [-0.1, -0.05) is 30.8 Å². The number of primary amides is 1. The highest BCUT2D eigenvalue weighted by atomic mass is 16.1. The van der Waals surface area contributed by atoms with Crippen LogP contribution in [0.5, 0.6) is 0 Å². The van der Waals surface area contributed by atoms with Crippen LogP contribution in [0.2, 0.25) is 0 Å². The lowest BCUT2D eigenvalue weighted by Crippen LogP contribution is -2.21.